The lowest BCUT2D eigenvalue weighted by atomic mass is 10.6. The Balaban J connectivity index is 5.51. The van der Waals surface area contributed by atoms with Crippen LogP contribution in [0, 0.1) is 0 Å². The summed E-state index contributed by atoms with van der Waals surface area (Å²) in [7, 11) is -9.76. The molecule has 0 radical (unpaired) electrons. The van der Waals surface area contributed by atoms with Crippen LogP contribution in [0.25, 0.3) is 0 Å². The van der Waals surface area contributed by atoms with Crippen molar-refractivity contribution in [2.24, 2.45) is 0 Å². The van der Waals surface area contributed by atoms with Crippen LogP contribution in [0.4, 0.5) is 0 Å². The van der Waals surface area contributed by atoms with E-state index in [2.05, 4.69) is 60.1 Å². The molecular weight excluding hydrogens is 429 g/mol. The molecule has 2 atom stereocenters. The molecule has 0 amide bonds. The lowest BCUT2D eigenvalue weighted by Gasteiger charge is -2.38. The standard InChI is InChI=1S/C15H44O5Si6/c1-10-13-24(16-21(4)5)19-26(15-12-3,18-23(8)9)20-25(14-11-2)17-22(6)7/h21-25H,10-15H2,1-9H3. The molecule has 158 valence electrons. The Labute approximate surface area is 172 Å². The first kappa shape index (κ1) is 27.1. The summed E-state index contributed by atoms with van der Waals surface area (Å²) in [6.07, 6.45) is 3.21. The third-order valence-electron chi connectivity index (χ3n) is 3.49. The van der Waals surface area contributed by atoms with Gasteiger partial charge in [-0.3, -0.25) is 0 Å². The largest absolute Gasteiger partial charge is 0.472 e. The van der Waals surface area contributed by atoms with Crippen molar-refractivity contribution < 1.29 is 20.6 Å². The molecule has 26 heavy (non-hydrogen) atoms. The van der Waals surface area contributed by atoms with Crippen molar-refractivity contribution in [2.75, 3.05) is 0 Å². The molecule has 0 aromatic rings. The van der Waals surface area contributed by atoms with Crippen molar-refractivity contribution in [3.8, 4) is 0 Å². The van der Waals surface area contributed by atoms with Crippen LogP contribution in [-0.4, -0.2) is 54.5 Å². The topological polar surface area (TPSA) is 46.2 Å². The van der Waals surface area contributed by atoms with Crippen LogP contribution in [-0.2, 0) is 20.6 Å². The van der Waals surface area contributed by atoms with Gasteiger partial charge in [0.1, 0.15) is 0 Å². The first-order chi connectivity index (χ1) is 12.2. The Morgan fingerprint density at radius 3 is 1.27 bits per heavy atom. The Hall–Kier alpha value is 1.10. The summed E-state index contributed by atoms with van der Waals surface area (Å²) in [6.45, 7) is 19.9. The van der Waals surface area contributed by atoms with Crippen LogP contribution >= 0.6 is 0 Å². The lowest BCUT2D eigenvalue weighted by Crippen LogP contribution is -2.56. The summed E-state index contributed by atoms with van der Waals surface area (Å²) in [5.41, 5.74) is 0. The molecule has 0 aliphatic heterocycles. The van der Waals surface area contributed by atoms with Gasteiger partial charge in [0.15, 0.2) is 27.1 Å². The summed E-state index contributed by atoms with van der Waals surface area (Å²) in [5, 5.41) is 0. The Kier molecular flexibility index (Phi) is 15.6. The first-order valence-electron chi connectivity index (χ1n) is 10.5. The molecular formula is C15H44O5Si6. The molecule has 0 aliphatic rings. The van der Waals surface area contributed by atoms with Crippen LogP contribution in [0.2, 0.25) is 57.4 Å². The lowest BCUT2D eigenvalue weighted by molar-refractivity contribution is 0.225. The van der Waals surface area contributed by atoms with E-state index in [1.165, 1.54) is 0 Å². The predicted molar refractivity (Wildman–Crippen MR) is 127 cm³/mol. The molecule has 0 spiro atoms. The quantitative estimate of drug-likeness (QED) is 0.321. The van der Waals surface area contributed by atoms with Gasteiger partial charge in [0.2, 0.25) is 0 Å². The van der Waals surface area contributed by atoms with E-state index in [-0.39, 0.29) is 0 Å². The van der Waals surface area contributed by atoms with Gasteiger partial charge in [-0.25, -0.2) is 0 Å². The van der Waals surface area contributed by atoms with Gasteiger partial charge < -0.3 is 20.6 Å². The average Bonchev–Trinajstić information content (AvgIpc) is 2.45. The van der Waals surface area contributed by atoms with Gasteiger partial charge in [-0.2, -0.15) is 0 Å². The van der Waals surface area contributed by atoms with Gasteiger partial charge in [-0.1, -0.05) is 40.0 Å². The second-order valence-corrected chi connectivity index (χ2v) is 23.7. The minimum atomic E-state index is -2.71. The zero-order chi connectivity index (χ0) is 20.2. The van der Waals surface area contributed by atoms with E-state index in [1.807, 2.05) is 0 Å². The fraction of sp³-hybridized carbons (Fsp3) is 1.00. The Bertz CT molecular complexity index is 326. The molecule has 0 aromatic carbocycles. The molecule has 11 heteroatoms. The number of hydrogen-bond acceptors (Lipinski definition) is 5. The van der Waals surface area contributed by atoms with Crippen molar-refractivity contribution in [1.29, 1.82) is 0 Å². The Morgan fingerprint density at radius 2 is 1.00 bits per heavy atom. The van der Waals surface area contributed by atoms with E-state index in [4.69, 9.17) is 20.6 Å². The van der Waals surface area contributed by atoms with Gasteiger partial charge in [0.05, 0.1) is 0 Å². The fourth-order valence-corrected chi connectivity index (χ4v) is 22.3. The summed E-state index contributed by atoms with van der Waals surface area (Å²) < 4.78 is 32.7. The monoisotopic (exact) mass is 472 g/mol. The highest BCUT2D eigenvalue weighted by atomic mass is 28.5. The summed E-state index contributed by atoms with van der Waals surface area (Å²) in [4.78, 5) is 0. The molecule has 0 saturated carbocycles. The SMILES string of the molecule is CCC[SiH](O[SiH](C)C)O[Si](CCC)(O[SiH](C)C)O[SiH](CCC)O[SiH](C)C. The number of rotatable bonds is 16. The second kappa shape index (κ2) is 15.0. The minimum Gasteiger partial charge on any atom is -0.441 e. The van der Waals surface area contributed by atoms with Crippen molar-refractivity contribution in [1.82, 2.24) is 0 Å². The van der Waals surface area contributed by atoms with Gasteiger partial charge in [-0.05, 0) is 51.4 Å². The van der Waals surface area contributed by atoms with Gasteiger partial charge >= 0.3 is 27.4 Å². The molecule has 0 aliphatic carbocycles. The summed E-state index contributed by atoms with van der Waals surface area (Å²) >= 11 is 0. The van der Waals surface area contributed by atoms with E-state index >= 15 is 0 Å². The van der Waals surface area contributed by atoms with Crippen LogP contribution < -0.4 is 0 Å². The van der Waals surface area contributed by atoms with Gasteiger partial charge in [-0.15, -0.1) is 0 Å². The van der Waals surface area contributed by atoms with E-state index in [1.54, 1.807) is 0 Å². The maximum absolute atomic E-state index is 6.75. The molecule has 0 saturated heterocycles. The van der Waals surface area contributed by atoms with E-state index in [0.29, 0.717) is 0 Å². The summed E-state index contributed by atoms with van der Waals surface area (Å²) in [6, 6.07) is 2.97. The van der Waals surface area contributed by atoms with Crippen molar-refractivity contribution in [2.45, 2.75) is 97.4 Å². The van der Waals surface area contributed by atoms with Crippen LogP contribution in [0.1, 0.15) is 40.0 Å². The predicted octanol–water partition coefficient (Wildman–Crippen LogP) is 3.63. The normalized spacial score (nSPS) is 17.1. The molecule has 2 unspecified atom stereocenters. The smallest absolute Gasteiger partial charge is 0.441 e. The fourth-order valence-electron chi connectivity index (χ4n) is 2.71. The third kappa shape index (κ3) is 12.5. The molecule has 0 N–H and O–H groups in total. The zero-order valence-corrected chi connectivity index (χ0v) is 25.4. The van der Waals surface area contributed by atoms with Crippen molar-refractivity contribution >= 4 is 54.5 Å². The highest BCUT2D eigenvalue weighted by Gasteiger charge is 2.45. The van der Waals surface area contributed by atoms with Gasteiger partial charge in [0.25, 0.3) is 0 Å². The molecule has 0 heterocycles. The average molecular weight is 473 g/mol. The van der Waals surface area contributed by atoms with Crippen LogP contribution in [0.5, 0.6) is 0 Å². The maximum Gasteiger partial charge on any atom is 0.472 e. The highest BCUT2D eigenvalue weighted by molar-refractivity contribution is 6.80. The number of hydrogen-bond donors (Lipinski definition) is 0. The molecule has 5 nitrogen and oxygen atoms in total. The zero-order valence-electron chi connectivity index (χ0n) is 18.7. The van der Waals surface area contributed by atoms with Crippen LogP contribution in [0.3, 0.4) is 0 Å². The van der Waals surface area contributed by atoms with Crippen molar-refractivity contribution in [3.63, 3.8) is 0 Å². The molecule has 0 fully saturated rings. The van der Waals surface area contributed by atoms with E-state index in [9.17, 15) is 0 Å². The molecule has 0 rings (SSSR count). The summed E-state index contributed by atoms with van der Waals surface area (Å²) in [5.74, 6) is 0. The maximum atomic E-state index is 6.75. The van der Waals surface area contributed by atoms with E-state index in [0.717, 1.165) is 37.4 Å². The second-order valence-electron chi connectivity index (χ2n) is 7.64. The van der Waals surface area contributed by atoms with E-state index < -0.39 is 54.5 Å². The minimum absolute atomic E-state index is 0.893. The van der Waals surface area contributed by atoms with Crippen molar-refractivity contribution in [3.05, 3.63) is 0 Å². The molecule has 0 bridgehead atoms. The third-order valence-corrected chi connectivity index (χ3v) is 21.8. The van der Waals surface area contributed by atoms with Crippen LogP contribution in [0.15, 0.2) is 0 Å². The molecule has 0 aromatic heterocycles. The van der Waals surface area contributed by atoms with Gasteiger partial charge in [0, 0.05) is 6.04 Å². The highest BCUT2D eigenvalue weighted by Crippen LogP contribution is 2.25. The Morgan fingerprint density at radius 1 is 0.577 bits per heavy atom. The first-order valence-corrected chi connectivity index (χ1v) is 24.3.